The highest BCUT2D eigenvalue weighted by molar-refractivity contribution is 7.89. The first-order chi connectivity index (χ1) is 14.1. The third-order valence-electron chi connectivity index (χ3n) is 5.34. The zero-order chi connectivity index (χ0) is 21.6. The molecular weight excluding hydrogens is 416 g/mol. The fourth-order valence-electron chi connectivity index (χ4n) is 4.07. The summed E-state index contributed by atoms with van der Waals surface area (Å²) in [4.78, 5) is 30.4. The summed E-state index contributed by atoms with van der Waals surface area (Å²) in [5.74, 6) is -2.45. The summed E-state index contributed by atoms with van der Waals surface area (Å²) in [6.45, 7) is 0.539. The van der Waals surface area contributed by atoms with Gasteiger partial charge in [0, 0.05) is 29.4 Å². The van der Waals surface area contributed by atoms with Crippen LogP contribution in [-0.2, 0) is 10.0 Å². The summed E-state index contributed by atoms with van der Waals surface area (Å²) >= 11 is 0. The molecule has 1 fully saturated rings. The van der Waals surface area contributed by atoms with Gasteiger partial charge in [-0.15, -0.1) is 0 Å². The summed E-state index contributed by atoms with van der Waals surface area (Å²) in [6.07, 6.45) is 1.19. The molecule has 1 saturated heterocycles. The molecule has 0 aliphatic carbocycles. The average Bonchev–Trinajstić information content (AvgIpc) is 2.67. The number of amides is 1. The van der Waals surface area contributed by atoms with E-state index in [1.165, 1.54) is 17.0 Å². The van der Waals surface area contributed by atoms with Crippen molar-refractivity contribution < 1.29 is 22.0 Å². The van der Waals surface area contributed by atoms with E-state index in [2.05, 4.69) is 4.98 Å². The molecule has 3 N–H and O–H groups in total. The van der Waals surface area contributed by atoms with Crippen LogP contribution in [-0.4, -0.2) is 43.1 Å². The van der Waals surface area contributed by atoms with Crippen LogP contribution in [0.25, 0.3) is 21.8 Å². The number of likely N-dealkylation sites (tertiary alicyclic amines) is 1. The van der Waals surface area contributed by atoms with Crippen molar-refractivity contribution in [2.45, 2.75) is 12.8 Å². The Labute approximate surface area is 170 Å². The van der Waals surface area contributed by atoms with Gasteiger partial charge >= 0.3 is 0 Å². The molecule has 2 aromatic carbocycles. The standard InChI is InChI=1S/C20H19F2N3O4S/c21-12-3-4-17-14(6-12)19(26)15-7-13(22)8-16(18(15)24-17)20(27)25-5-1-2-11(9-25)10-30(23,28)29/h3-4,6-8,11H,1-2,5,9-10H2,(H,24,26)(H2,23,28,29). The van der Waals surface area contributed by atoms with Crippen LogP contribution in [0.4, 0.5) is 8.78 Å². The maximum atomic E-state index is 14.3. The van der Waals surface area contributed by atoms with Crippen molar-refractivity contribution in [2.24, 2.45) is 11.1 Å². The van der Waals surface area contributed by atoms with Gasteiger partial charge in [-0.05, 0) is 49.1 Å². The number of nitrogens with one attached hydrogen (secondary N) is 1. The third kappa shape index (κ3) is 3.92. The van der Waals surface area contributed by atoms with Crippen LogP contribution in [0.5, 0.6) is 0 Å². The van der Waals surface area contributed by atoms with E-state index in [1.807, 2.05) is 0 Å². The first-order valence-electron chi connectivity index (χ1n) is 9.37. The molecule has 0 bridgehead atoms. The summed E-state index contributed by atoms with van der Waals surface area (Å²) in [5, 5.41) is 5.12. The van der Waals surface area contributed by atoms with Crippen LogP contribution < -0.4 is 10.6 Å². The summed E-state index contributed by atoms with van der Waals surface area (Å²) in [7, 11) is -3.69. The number of sulfonamides is 1. The molecule has 1 aliphatic rings. The van der Waals surface area contributed by atoms with E-state index >= 15 is 0 Å². The minimum atomic E-state index is -3.69. The number of benzene rings is 2. The highest BCUT2D eigenvalue weighted by atomic mass is 32.2. The topological polar surface area (TPSA) is 113 Å². The number of aromatic nitrogens is 1. The van der Waals surface area contributed by atoms with E-state index in [1.54, 1.807) is 0 Å². The molecule has 4 rings (SSSR count). The quantitative estimate of drug-likeness (QED) is 0.614. The highest BCUT2D eigenvalue weighted by Crippen LogP contribution is 2.25. The Balaban J connectivity index is 1.80. The number of halogens is 2. The van der Waals surface area contributed by atoms with E-state index < -0.39 is 33.0 Å². The Kier molecular flexibility index (Phi) is 5.07. The van der Waals surface area contributed by atoms with Gasteiger partial charge in [-0.2, -0.15) is 0 Å². The number of pyridine rings is 1. The Morgan fingerprint density at radius 1 is 1.17 bits per heavy atom. The second-order valence-corrected chi connectivity index (χ2v) is 9.27. The zero-order valence-corrected chi connectivity index (χ0v) is 16.6. The highest BCUT2D eigenvalue weighted by Gasteiger charge is 2.28. The van der Waals surface area contributed by atoms with Gasteiger partial charge < -0.3 is 9.88 Å². The lowest BCUT2D eigenvalue weighted by atomic mass is 9.98. The summed E-state index contributed by atoms with van der Waals surface area (Å²) in [6, 6.07) is 5.67. The lowest BCUT2D eigenvalue weighted by Gasteiger charge is -2.32. The Morgan fingerprint density at radius 2 is 1.90 bits per heavy atom. The first-order valence-corrected chi connectivity index (χ1v) is 11.1. The molecule has 1 amide bonds. The Bertz CT molecular complexity index is 1340. The van der Waals surface area contributed by atoms with Gasteiger partial charge in [0.25, 0.3) is 5.91 Å². The van der Waals surface area contributed by atoms with Crippen molar-refractivity contribution in [2.75, 3.05) is 18.8 Å². The van der Waals surface area contributed by atoms with Gasteiger partial charge in [0.05, 0.1) is 16.8 Å². The van der Waals surface area contributed by atoms with Crippen molar-refractivity contribution in [3.05, 3.63) is 57.8 Å². The summed E-state index contributed by atoms with van der Waals surface area (Å²) < 4.78 is 50.7. The molecule has 0 spiro atoms. The van der Waals surface area contributed by atoms with Crippen LogP contribution in [0.1, 0.15) is 23.2 Å². The number of aromatic amines is 1. The first kappa shape index (κ1) is 20.4. The van der Waals surface area contributed by atoms with E-state index in [4.69, 9.17) is 5.14 Å². The molecule has 7 nitrogen and oxygen atoms in total. The van der Waals surface area contributed by atoms with Crippen LogP contribution in [0, 0.1) is 17.6 Å². The molecule has 3 aromatic rings. The maximum absolute atomic E-state index is 14.3. The molecule has 2 heterocycles. The lowest BCUT2D eigenvalue weighted by molar-refractivity contribution is 0.0685. The fourth-order valence-corrected chi connectivity index (χ4v) is 5.00. The second kappa shape index (κ2) is 7.44. The fraction of sp³-hybridized carbons (Fsp3) is 0.300. The smallest absolute Gasteiger partial charge is 0.256 e. The number of nitrogens with two attached hydrogens (primary N) is 1. The minimum Gasteiger partial charge on any atom is -0.354 e. The van der Waals surface area contributed by atoms with Gasteiger partial charge in [0.15, 0.2) is 5.43 Å². The number of carbonyl (C=O) groups excluding carboxylic acids is 1. The van der Waals surface area contributed by atoms with Crippen LogP contribution in [0.2, 0.25) is 0 Å². The number of hydrogen-bond acceptors (Lipinski definition) is 4. The molecule has 10 heteroatoms. The maximum Gasteiger partial charge on any atom is 0.256 e. The Hall–Kier alpha value is -2.85. The molecule has 1 aromatic heterocycles. The average molecular weight is 435 g/mol. The van der Waals surface area contributed by atoms with Crippen molar-refractivity contribution in [3.63, 3.8) is 0 Å². The van der Waals surface area contributed by atoms with Crippen molar-refractivity contribution in [1.82, 2.24) is 9.88 Å². The van der Waals surface area contributed by atoms with Crippen LogP contribution in [0.3, 0.4) is 0 Å². The third-order valence-corrected chi connectivity index (χ3v) is 6.27. The molecule has 1 aliphatic heterocycles. The number of piperidine rings is 1. The zero-order valence-electron chi connectivity index (χ0n) is 15.8. The van der Waals surface area contributed by atoms with E-state index in [0.717, 1.165) is 18.2 Å². The number of carbonyl (C=O) groups is 1. The number of nitrogens with zero attached hydrogens (tertiary/aromatic N) is 1. The van der Waals surface area contributed by atoms with Gasteiger partial charge in [0.2, 0.25) is 10.0 Å². The van der Waals surface area contributed by atoms with Crippen molar-refractivity contribution in [1.29, 1.82) is 0 Å². The largest absolute Gasteiger partial charge is 0.354 e. The van der Waals surface area contributed by atoms with Gasteiger partial charge in [-0.3, -0.25) is 9.59 Å². The molecule has 0 radical (unpaired) electrons. The normalized spacial score (nSPS) is 17.6. The number of primary sulfonamides is 1. The second-order valence-electron chi connectivity index (χ2n) is 7.61. The Morgan fingerprint density at radius 3 is 2.63 bits per heavy atom. The van der Waals surface area contributed by atoms with Crippen molar-refractivity contribution >= 4 is 37.7 Å². The number of hydrogen-bond donors (Lipinski definition) is 2. The summed E-state index contributed by atoms with van der Waals surface area (Å²) in [5.41, 5.74) is -0.151. The van der Waals surface area contributed by atoms with Gasteiger partial charge in [-0.1, -0.05) is 0 Å². The predicted molar refractivity (Wildman–Crippen MR) is 109 cm³/mol. The predicted octanol–water partition coefficient (Wildman–Crippen LogP) is 2.10. The molecular formula is C20H19F2N3O4S. The van der Waals surface area contributed by atoms with Gasteiger partial charge in [0.1, 0.15) is 11.6 Å². The van der Waals surface area contributed by atoms with Gasteiger partial charge in [-0.25, -0.2) is 22.3 Å². The molecule has 1 atom stereocenters. The van der Waals surface area contributed by atoms with Crippen LogP contribution >= 0.6 is 0 Å². The molecule has 158 valence electrons. The number of rotatable bonds is 3. The number of fused-ring (bicyclic) bond motifs is 2. The molecule has 1 unspecified atom stereocenters. The minimum absolute atomic E-state index is 0.0374. The SMILES string of the molecule is NS(=O)(=O)CC1CCCN(C(=O)c2cc(F)cc3c(=O)c4cc(F)ccc4[nH]c23)C1. The van der Waals surface area contributed by atoms with Crippen LogP contribution in [0.15, 0.2) is 35.1 Å². The molecule has 0 saturated carbocycles. The van der Waals surface area contributed by atoms with E-state index in [-0.39, 0.29) is 40.1 Å². The monoisotopic (exact) mass is 435 g/mol. The lowest BCUT2D eigenvalue weighted by Crippen LogP contribution is -2.42. The van der Waals surface area contributed by atoms with E-state index in [0.29, 0.717) is 24.9 Å². The van der Waals surface area contributed by atoms with E-state index in [9.17, 15) is 26.8 Å². The molecule has 30 heavy (non-hydrogen) atoms. The number of H-pyrrole nitrogens is 1. The van der Waals surface area contributed by atoms with Crippen molar-refractivity contribution in [3.8, 4) is 0 Å².